The van der Waals surface area contributed by atoms with E-state index >= 15 is 0 Å². The van der Waals surface area contributed by atoms with E-state index in [-0.39, 0.29) is 5.56 Å². The predicted molar refractivity (Wildman–Crippen MR) is 134 cm³/mol. The van der Waals surface area contributed by atoms with Crippen molar-refractivity contribution in [2.75, 3.05) is 11.1 Å². The van der Waals surface area contributed by atoms with Crippen LogP contribution in [-0.2, 0) is 20.1 Å². The molecule has 0 aliphatic carbocycles. The first kappa shape index (κ1) is 23.0. The Kier molecular flexibility index (Phi) is 6.62. The molecule has 9 heteroatoms. The molecule has 0 bridgehead atoms. The fraction of sp³-hybridized carbons (Fsp3) is 0.280. The number of aromatic nitrogens is 4. The minimum absolute atomic E-state index is 0.192. The van der Waals surface area contributed by atoms with Crippen LogP contribution in [0.15, 0.2) is 68.9 Å². The number of nitrogens with one attached hydrogen (secondary N) is 1. The molecular formula is C25H29N7O2. The molecule has 3 N–H and O–H groups in total. The molecule has 0 saturated heterocycles. The van der Waals surface area contributed by atoms with E-state index in [1.54, 1.807) is 23.3 Å². The molecule has 2 aromatic carbocycles. The summed E-state index contributed by atoms with van der Waals surface area (Å²) in [7, 11) is 1.73. The number of nitrogens with zero attached hydrogens (tertiary/aromatic N) is 5. The number of rotatable bonds is 7. The zero-order valence-corrected chi connectivity index (χ0v) is 19.8. The summed E-state index contributed by atoms with van der Waals surface area (Å²) in [6, 6.07) is 17.4. The first-order chi connectivity index (χ1) is 16.3. The summed E-state index contributed by atoms with van der Waals surface area (Å²) < 4.78 is 8.40. The van der Waals surface area contributed by atoms with Crippen molar-refractivity contribution in [1.82, 2.24) is 19.5 Å². The smallest absolute Gasteiger partial charge is 0.279 e. The van der Waals surface area contributed by atoms with Gasteiger partial charge >= 0.3 is 0 Å². The second-order valence-corrected chi connectivity index (χ2v) is 8.55. The zero-order chi connectivity index (χ0) is 24.2. The fourth-order valence-corrected chi connectivity index (χ4v) is 3.65. The maximum atomic E-state index is 13.2. The van der Waals surface area contributed by atoms with Crippen LogP contribution < -0.4 is 16.6 Å². The summed E-state index contributed by atoms with van der Waals surface area (Å²) in [5.41, 5.74) is 9.28. The molecule has 0 spiro atoms. The zero-order valence-electron chi connectivity index (χ0n) is 19.8. The first-order valence-electron chi connectivity index (χ1n) is 11.1. The topological polar surface area (TPSA) is 116 Å². The Morgan fingerprint density at radius 3 is 2.47 bits per heavy atom. The molecule has 0 radical (unpaired) electrons. The van der Waals surface area contributed by atoms with Gasteiger partial charge in [0.2, 0.25) is 11.7 Å². The van der Waals surface area contributed by atoms with Crippen LogP contribution in [0.4, 0.5) is 11.5 Å². The molecule has 4 aromatic rings. The highest BCUT2D eigenvalue weighted by Gasteiger charge is 2.21. The van der Waals surface area contributed by atoms with Crippen molar-refractivity contribution in [2.45, 2.75) is 33.9 Å². The van der Waals surface area contributed by atoms with Gasteiger partial charge in [0.15, 0.2) is 0 Å². The van der Waals surface area contributed by atoms with Gasteiger partial charge in [-0.3, -0.25) is 19.2 Å². The van der Waals surface area contributed by atoms with Gasteiger partial charge in [0.25, 0.3) is 5.56 Å². The molecule has 2 aromatic heterocycles. The van der Waals surface area contributed by atoms with E-state index in [9.17, 15) is 4.79 Å². The number of hydrogen-bond donors (Lipinski definition) is 2. The van der Waals surface area contributed by atoms with Crippen LogP contribution in [0.3, 0.4) is 0 Å². The van der Waals surface area contributed by atoms with Gasteiger partial charge < -0.3 is 15.6 Å². The van der Waals surface area contributed by atoms with Crippen molar-refractivity contribution in [1.29, 1.82) is 0 Å². The molecule has 176 valence electrons. The highest BCUT2D eigenvalue weighted by molar-refractivity contribution is 6.10. The maximum Gasteiger partial charge on any atom is 0.279 e. The normalized spacial score (nSPS) is 11.9. The van der Waals surface area contributed by atoms with Crippen LogP contribution in [0.1, 0.15) is 30.9 Å². The molecular weight excluding hydrogens is 430 g/mol. The Morgan fingerprint density at radius 2 is 1.85 bits per heavy atom. The second-order valence-electron chi connectivity index (χ2n) is 8.55. The van der Waals surface area contributed by atoms with Crippen molar-refractivity contribution >= 4 is 17.3 Å². The maximum absolute atomic E-state index is 13.2. The van der Waals surface area contributed by atoms with Crippen LogP contribution >= 0.6 is 0 Å². The van der Waals surface area contributed by atoms with Gasteiger partial charge in [0.1, 0.15) is 17.2 Å². The van der Waals surface area contributed by atoms with Crippen LogP contribution in [0.5, 0.6) is 0 Å². The number of hydrogen-bond acceptors (Lipinski definition) is 6. The number of benzene rings is 2. The van der Waals surface area contributed by atoms with Crippen LogP contribution in [0.2, 0.25) is 0 Å². The van der Waals surface area contributed by atoms with E-state index in [0.29, 0.717) is 47.9 Å². The molecule has 0 aliphatic rings. The molecule has 4 rings (SSSR count). The lowest BCUT2D eigenvalue weighted by Gasteiger charge is -2.13. The molecule has 34 heavy (non-hydrogen) atoms. The fourth-order valence-electron chi connectivity index (χ4n) is 3.65. The van der Waals surface area contributed by atoms with Crippen molar-refractivity contribution in [2.24, 2.45) is 18.0 Å². The largest absolute Gasteiger partial charge is 0.383 e. The quantitative estimate of drug-likeness (QED) is 0.320. The molecule has 0 fully saturated rings. The third kappa shape index (κ3) is 4.93. The number of anilines is 2. The number of para-hydroxylation sites is 1. The van der Waals surface area contributed by atoms with Gasteiger partial charge in [0, 0.05) is 31.8 Å². The summed E-state index contributed by atoms with van der Waals surface area (Å²) in [6.07, 6.45) is 0. The number of amidine groups is 1. The monoisotopic (exact) mass is 459 g/mol. The lowest BCUT2D eigenvalue weighted by atomic mass is 10.1. The van der Waals surface area contributed by atoms with Gasteiger partial charge in [-0.1, -0.05) is 61.5 Å². The molecule has 0 amide bonds. The molecule has 9 nitrogen and oxygen atoms in total. The van der Waals surface area contributed by atoms with Crippen LogP contribution in [0, 0.1) is 12.8 Å². The highest BCUT2D eigenvalue weighted by atomic mass is 16.5. The van der Waals surface area contributed by atoms with E-state index < -0.39 is 0 Å². The van der Waals surface area contributed by atoms with Crippen molar-refractivity contribution in [3.05, 3.63) is 82.0 Å². The Hall–Kier alpha value is -4.14. The third-order valence-corrected chi connectivity index (χ3v) is 5.38. The summed E-state index contributed by atoms with van der Waals surface area (Å²) in [5.74, 6) is 2.22. The number of nitrogen functional groups attached to an aromatic ring is 1. The van der Waals surface area contributed by atoms with Crippen LogP contribution in [0.25, 0.3) is 11.4 Å². The van der Waals surface area contributed by atoms with E-state index in [1.807, 2.05) is 54.6 Å². The predicted octanol–water partition coefficient (Wildman–Crippen LogP) is 3.84. The van der Waals surface area contributed by atoms with Gasteiger partial charge in [-0.2, -0.15) is 4.98 Å². The number of aliphatic imine (C=N–C) groups is 1. The summed E-state index contributed by atoms with van der Waals surface area (Å²) in [4.78, 5) is 22.2. The first-order valence-corrected chi connectivity index (χ1v) is 11.1. The van der Waals surface area contributed by atoms with Gasteiger partial charge in [-0.25, -0.2) is 0 Å². The summed E-state index contributed by atoms with van der Waals surface area (Å²) in [5, 5.41) is 7.24. The van der Waals surface area contributed by atoms with Gasteiger partial charge in [0.05, 0.1) is 6.54 Å². The summed E-state index contributed by atoms with van der Waals surface area (Å²) in [6.45, 7) is 6.91. The second kappa shape index (κ2) is 9.78. The van der Waals surface area contributed by atoms with E-state index in [4.69, 9.17) is 15.2 Å². The standard InChI is InChI=1S/C25H29N7O2/c1-16(2)15-32-22(26)21(25(33)31(32)4)24(29-20-8-6-5-7-9-20)27-14-18-10-12-19(13-11-18)23-28-17(3)34-30-23/h5-13,16H,14-15,26H2,1-4H3,(H,27,29). The Balaban J connectivity index is 1.68. The van der Waals surface area contributed by atoms with Crippen molar-refractivity contribution in [3.8, 4) is 11.4 Å². The van der Waals surface area contributed by atoms with Crippen LogP contribution in [-0.4, -0.2) is 25.3 Å². The number of nitrogens with two attached hydrogens (primary N) is 1. The Labute approximate surface area is 197 Å². The lowest BCUT2D eigenvalue weighted by Crippen LogP contribution is -2.26. The minimum Gasteiger partial charge on any atom is -0.383 e. The van der Waals surface area contributed by atoms with Gasteiger partial charge in [-0.05, 0) is 23.6 Å². The Bertz CT molecular complexity index is 1350. The molecule has 2 heterocycles. The molecule has 0 aliphatic heterocycles. The lowest BCUT2D eigenvalue weighted by molar-refractivity contribution is 0.394. The average Bonchev–Trinajstić information content (AvgIpc) is 3.35. The minimum atomic E-state index is -0.192. The average molecular weight is 460 g/mol. The molecule has 0 saturated carbocycles. The van der Waals surface area contributed by atoms with E-state index in [2.05, 4.69) is 29.3 Å². The number of aryl methyl sites for hydroxylation is 1. The third-order valence-electron chi connectivity index (χ3n) is 5.38. The SMILES string of the molecule is Cc1nc(-c2ccc(CN=C(Nc3ccccc3)c3c(N)n(CC(C)C)n(C)c3=O)cc2)no1. The van der Waals surface area contributed by atoms with Gasteiger partial charge in [-0.15, -0.1) is 0 Å². The van der Waals surface area contributed by atoms with E-state index in [0.717, 1.165) is 16.8 Å². The van der Waals surface area contributed by atoms with Crippen molar-refractivity contribution in [3.63, 3.8) is 0 Å². The summed E-state index contributed by atoms with van der Waals surface area (Å²) >= 11 is 0. The molecule has 0 unspecified atom stereocenters. The molecule has 0 atom stereocenters. The Morgan fingerprint density at radius 1 is 1.15 bits per heavy atom. The van der Waals surface area contributed by atoms with E-state index in [1.165, 1.54) is 0 Å². The van der Waals surface area contributed by atoms with Crippen molar-refractivity contribution < 1.29 is 4.52 Å². The highest BCUT2D eigenvalue weighted by Crippen LogP contribution is 2.18.